The average Bonchev–Trinajstić information content (AvgIpc) is 3.00. The Kier molecular flexibility index (Phi) is 6.27. The van der Waals surface area contributed by atoms with E-state index in [-0.39, 0.29) is 0 Å². The zero-order valence-corrected chi connectivity index (χ0v) is 13.0. The summed E-state index contributed by atoms with van der Waals surface area (Å²) in [6.45, 7) is 6.31. The topological polar surface area (TPSA) is 59.0 Å². The molecule has 0 saturated carbocycles. The highest BCUT2D eigenvalue weighted by Crippen LogP contribution is 2.29. The summed E-state index contributed by atoms with van der Waals surface area (Å²) in [4.78, 5) is 13.0. The first-order valence-electron chi connectivity index (χ1n) is 7.72. The average molecular weight is 305 g/mol. The van der Waals surface area contributed by atoms with Crippen LogP contribution in [0.5, 0.6) is 11.5 Å². The first-order chi connectivity index (χ1) is 10.7. The van der Waals surface area contributed by atoms with Gasteiger partial charge in [0.1, 0.15) is 6.61 Å². The predicted molar refractivity (Wildman–Crippen MR) is 85.4 cm³/mol. The molecule has 1 N–H and O–H groups in total. The zero-order valence-electron chi connectivity index (χ0n) is 13.0. The summed E-state index contributed by atoms with van der Waals surface area (Å²) in [5, 5.41) is 8.67. The molecule has 1 aliphatic heterocycles. The summed E-state index contributed by atoms with van der Waals surface area (Å²) < 4.78 is 11.4. The van der Waals surface area contributed by atoms with Crippen molar-refractivity contribution >= 4 is 12.0 Å². The molecule has 0 aromatic heterocycles. The fraction of sp³-hybridized carbons (Fsp3) is 0.471. The minimum absolute atomic E-state index is 0.536. The molecule has 1 saturated heterocycles. The van der Waals surface area contributed by atoms with Gasteiger partial charge >= 0.3 is 5.97 Å². The van der Waals surface area contributed by atoms with Gasteiger partial charge in [-0.05, 0) is 56.6 Å². The van der Waals surface area contributed by atoms with E-state index in [9.17, 15) is 4.79 Å². The molecule has 120 valence electrons. The van der Waals surface area contributed by atoms with Crippen LogP contribution >= 0.6 is 0 Å². The van der Waals surface area contributed by atoms with E-state index in [4.69, 9.17) is 14.6 Å². The molecular formula is C17H23NO4. The van der Waals surface area contributed by atoms with Gasteiger partial charge in [-0.15, -0.1) is 0 Å². The second-order valence-electron chi connectivity index (χ2n) is 5.21. The van der Waals surface area contributed by atoms with Crippen molar-refractivity contribution in [3.63, 3.8) is 0 Å². The van der Waals surface area contributed by atoms with Crippen molar-refractivity contribution in [2.24, 2.45) is 0 Å². The smallest absolute Gasteiger partial charge is 0.328 e. The lowest BCUT2D eigenvalue weighted by atomic mass is 10.2. The molecule has 22 heavy (non-hydrogen) atoms. The number of ether oxygens (including phenoxy) is 2. The van der Waals surface area contributed by atoms with Crippen molar-refractivity contribution < 1.29 is 19.4 Å². The van der Waals surface area contributed by atoms with Crippen LogP contribution in [0.2, 0.25) is 0 Å². The highest BCUT2D eigenvalue weighted by Gasteiger charge is 2.12. The molecule has 0 spiro atoms. The van der Waals surface area contributed by atoms with Crippen molar-refractivity contribution in [2.75, 3.05) is 32.8 Å². The van der Waals surface area contributed by atoms with Gasteiger partial charge in [0.15, 0.2) is 11.5 Å². The third kappa shape index (κ3) is 5.07. The van der Waals surface area contributed by atoms with Crippen molar-refractivity contribution in [1.29, 1.82) is 0 Å². The van der Waals surface area contributed by atoms with E-state index < -0.39 is 5.97 Å². The number of benzene rings is 1. The molecule has 0 amide bonds. The Morgan fingerprint density at radius 3 is 2.73 bits per heavy atom. The van der Waals surface area contributed by atoms with Gasteiger partial charge in [-0.25, -0.2) is 4.79 Å². The first-order valence-corrected chi connectivity index (χ1v) is 7.72. The van der Waals surface area contributed by atoms with Gasteiger partial charge in [-0.3, -0.25) is 4.90 Å². The Labute approximate surface area is 131 Å². The van der Waals surface area contributed by atoms with Gasteiger partial charge in [0, 0.05) is 12.6 Å². The number of carboxylic acids is 1. The molecule has 2 rings (SSSR count). The van der Waals surface area contributed by atoms with Crippen LogP contribution < -0.4 is 9.47 Å². The highest BCUT2D eigenvalue weighted by atomic mass is 16.5. The third-order valence-electron chi connectivity index (χ3n) is 3.55. The van der Waals surface area contributed by atoms with Gasteiger partial charge in [0.2, 0.25) is 0 Å². The van der Waals surface area contributed by atoms with E-state index in [1.54, 1.807) is 12.1 Å². The zero-order chi connectivity index (χ0) is 15.8. The van der Waals surface area contributed by atoms with Gasteiger partial charge in [0.05, 0.1) is 6.61 Å². The molecule has 5 heteroatoms. The van der Waals surface area contributed by atoms with Crippen molar-refractivity contribution in [3.8, 4) is 11.5 Å². The van der Waals surface area contributed by atoms with Crippen LogP contribution in [0.15, 0.2) is 24.3 Å². The maximum absolute atomic E-state index is 10.6. The number of carbonyl (C=O) groups is 1. The molecule has 1 heterocycles. The number of hydrogen-bond acceptors (Lipinski definition) is 4. The number of aliphatic carboxylic acids is 1. The molecule has 1 fully saturated rings. The van der Waals surface area contributed by atoms with E-state index >= 15 is 0 Å². The fourth-order valence-corrected chi connectivity index (χ4v) is 2.47. The molecule has 0 bridgehead atoms. The second kappa shape index (κ2) is 8.44. The van der Waals surface area contributed by atoms with Crippen molar-refractivity contribution in [2.45, 2.75) is 19.8 Å². The number of nitrogens with zero attached hydrogens (tertiary/aromatic N) is 1. The minimum Gasteiger partial charge on any atom is -0.490 e. The molecule has 1 aromatic carbocycles. The quantitative estimate of drug-likeness (QED) is 0.748. The molecule has 0 atom stereocenters. The summed E-state index contributed by atoms with van der Waals surface area (Å²) in [7, 11) is 0. The highest BCUT2D eigenvalue weighted by molar-refractivity contribution is 5.85. The number of hydrogen-bond donors (Lipinski definition) is 1. The summed E-state index contributed by atoms with van der Waals surface area (Å²) in [6.07, 6.45) is 5.20. The van der Waals surface area contributed by atoms with E-state index in [1.165, 1.54) is 12.8 Å². The monoisotopic (exact) mass is 305 g/mol. The molecule has 0 aliphatic carbocycles. The van der Waals surface area contributed by atoms with Gasteiger partial charge in [-0.2, -0.15) is 0 Å². The van der Waals surface area contributed by atoms with Crippen molar-refractivity contribution in [1.82, 2.24) is 4.90 Å². The number of rotatable bonds is 8. The van der Waals surface area contributed by atoms with Gasteiger partial charge in [-0.1, -0.05) is 6.07 Å². The summed E-state index contributed by atoms with van der Waals surface area (Å²) in [5.41, 5.74) is 0.776. The van der Waals surface area contributed by atoms with E-state index in [1.807, 2.05) is 19.1 Å². The maximum atomic E-state index is 10.6. The largest absolute Gasteiger partial charge is 0.490 e. The lowest BCUT2D eigenvalue weighted by molar-refractivity contribution is -0.131. The fourth-order valence-electron chi connectivity index (χ4n) is 2.47. The lowest BCUT2D eigenvalue weighted by Gasteiger charge is -2.16. The van der Waals surface area contributed by atoms with Gasteiger partial charge < -0.3 is 14.6 Å². The summed E-state index contributed by atoms with van der Waals surface area (Å²) >= 11 is 0. The Morgan fingerprint density at radius 1 is 1.27 bits per heavy atom. The van der Waals surface area contributed by atoms with E-state index in [0.717, 1.165) is 31.3 Å². The number of likely N-dealkylation sites (tertiary alicyclic amines) is 1. The lowest BCUT2D eigenvalue weighted by Crippen LogP contribution is -2.25. The normalized spacial score (nSPS) is 15.3. The molecule has 1 aromatic rings. The Bertz CT molecular complexity index is 521. The van der Waals surface area contributed by atoms with Gasteiger partial charge in [0.25, 0.3) is 0 Å². The van der Waals surface area contributed by atoms with Crippen LogP contribution in [0.3, 0.4) is 0 Å². The van der Waals surface area contributed by atoms with Crippen molar-refractivity contribution in [3.05, 3.63) is 29.8 Å². The molecule has 1 aliphatic rings. The van der Waals surface area contributed by atoms with Crippen LogP contribution in [-0.2, 0) is 4.79 Å². The second-order valence-corrected chi connectivity index (χ2v) is 5.21. The third-order valence-corrected chi connectivity index (χ3v) is 3.55. The van der Waals surface area contributed by atoms with Crippen LogP contribution in [-0.4, -0.2) is 48.8 Å². The van der Waals surface area contributed by atoms with Crippen LogP contribution in [0.25, 0.3) is 6.08 Å². The van der Waals surface area contributed by atoms with E-state index in [0.29, 0.717) is 24.7 Å². The van der Waals surface area contributed by atoms with Crippen LogP contribution in [0.1, 0.15) is 25.3 Å². The predicted octanol–water partition coefficient (Wildman–Crippen LogP) is 2.66. The molecular weight excluding hydrogens is 282 g/mol. The first kappa shape index (κ1) is 16.4. The van der Waals surface area contributed by atoms with Crippen LogP contribution in [0.4, 0.5) is 0 Å². The maximum Gasteiger partial charge on any atom is 0.328 e. The van der Waals surface area contributed by atoms with Crippen LogP contribution in [0, 0.1) is 0 Å². The SMILES string of the molecule is CCOc1cc(C=CC(=O)O)ccc1OCCN1CCCC1. The Hall–Kier alpha value is -2.01. The molecule has 0 unspecified atom stereocenters. The molecule has 5 nitrogen and oxygen atoms in total. The Balaban J connectivity index is 1.97. The minimum atomic E-state index is -0.969. The molecule has 0 radical (unpaired) electrons. The van der Waals surface area contributed by atoms with E-state index in [2.05, 4.69) is 4.90 Å². The Morgan fingerprint density at radius 2 is 2.05 bits per heavy atom. The summed E-state index contributed by atoms with van der Waals surface area (Å²) in [6, 6.07) is 5.46. The number of carboxylic acid groups (broad SMARTS) is 1. The summed E-state index contributed by atoms with van der Waals surface area (Å²) in [5.74, 6) is 0.383. The standard InChI is InChI=1S/C17H23NO4/c1-2-21-16-13-14(6-8-17(19)20)5-7-15(16)22-12-11-18-9-3-4-10-18/h5-8,13H,2-4,9-12H2,1H3,(H,19,20).